The maximum Gasteiger partial charge on any atom is 0.322 e. The lowest BCUT2D eigenvalue weighted by Crippen LogP contribution is -2.57. The van der Waals surface area contributed by atoms with E-state index in [2.05, 4.69) is 47.5 Å². The highest BCUT2D eigenvalue weighted by Gasteiger charge is 2.35. The van der Waals surface area contributed by atoms with E-state index in [1.165, 1.54) is 5.56 Å². The summed E-state index contributed by atoms with van der Waals surface area (Å²) < 4.78 is 1.02. The number of halogens is 2. The minimum absolute atomic E-state index is 0.0418. The number of urea groups is 2. The van der Waals surface area contributed by atoms with Crippen molar-refractivity contribution in [3.05, 3.63) is 73.1 Å². The number of hydrogen-bond donors (Lipinski definition) is 3. The number of carbonyl (C=O) groups is 3. The van der Waals surface area contributed by atoms with E-state index in [4.69, 9.17) is 0 Å². The van der Waals surface area contributed by atoms with E-state index in [0.29, 0.717) is 60.4 Å². The van der Waals surface area contributed by atoms with Gasteiger partial charge in [-0.1, -0.05) is 0 Å². The maximum absolute atomic E-state index is 13.9. The van der Waals surface area contributed by atoms with Gasteiger partial charge in [0.1, 0.15) is 11.8 Å². The molecule has 0 saturated carbocycles. The Labute approximate surface area is 277 Å². The standard InChI is InChI=1S/C31H34Br2N6O4S/c32-23-15-19(16-24(33)28(23)40)17-26(29(41)37-10-3-21(4-11-37)20-1-8-34-9-2-20)36-30(42)38-12-5-22(6-13-38)39-18-27-25(7-14-44-27)35-31(39)43/h1-2,7-9,14-16,21-22,26,40H,3-6,10-13,17-18H2,(H,35,43)(H,36,42)/t26-/m1/s1. The van der Waals surface area contributed by atoms with Crippen molar-refractivity contribution in [2.24, 2.45) is 0 Å². The number of aromatic hydroxyl groups is 1. The Kier molecular flexibility index (Phi) is 9.43. The van der Waals surface area contributed by atoms with Gasteiger partial charge in [-0.2, -0.15) is 0 Å². The average molecular weight is 747 g/mol. The van der Waals surface area contributed by atoms with Crippen molar-refractivity contribution >= 4 is 66.9 Å². The first-order valence-electron chi connectivity index (χ1n) is 14.8. The zero-order valence-electron chi connectivity index (χ0n) is 24.0. The molecule has 44 heavy (non-hydrogen) atoms. The van der Waals surface area contributed by atoms with Crippen molar-refractivity contribution in [1.29, 1.82) is 0 Å². The van der Waals surface area contributed by atoms with Crippen LogP contribution in [-0.4, -0.2) is 81.0 Å². The number of amides is 5. The molecule has 3 N–H and O–H groups in total. The molecule has 5 amide bonds. The summed E-state index contributed by atoms with van der Waals surface area (Å²) in [4.78, 5) is 51.0. The molecule has 0 radical (unpaired) electrons. The summed E-state index contributed by atoms with van der Waals surface area (Å²) in [7, 11) is 0. The lowest BCUT2D eigenvalue weighted by atomic mass is 9.89. The van der Waals surface area contributed by atoms with Gasteiger partial charge in [0.25, 0.3) is 0 Å². The number of rotatable bonds is 6. The smallest absolute Gasteiger partial charge is 0.322 e. The molecule has 13 heteroatoms. The Hall–Kier alpha value is -3.16. The molecule has 3 aliphatic heterocycles. The number of fused-ring (bicyclic) bond motifs is 1. The van der Waals surface area contributed by atoms with Crippen molar-refractivity contribution in [3.63, 3.8) is 0 Å². The number of anilines is 1. The third-order valence-corrected chi connectivity index (χ3v) is 11.0. The fraction of sp³-hybridized carbons (Fsp3) is 0.419. The minimum atomic E-state index is -0.772. The highest BCUT2D eigenvalue weighted by Crippen LogP contribution is 2.35. The van der Waals surface area contributed by atoms with Crippen molar-refractivity contribution in [1.82, 2.24) is 25.0 Å². The molecule has 2 fully saturated rings. The molecule has 0 spiro atoms. The first-order chi connectivity index (χ1) is 21.3. The van der Waals surface area contributed by atoms with Crippen LogP contribution in [0.1, 0.15) is 47.6 Å². The number of piperidine rings is 2. The van der Waals surface area contributed by atoms with Gasteiger partial charge in [0.15, 0.2) is 0 Å². The second-order valence-corrected chi connectivity index (χ2v) is 14.2. The number of phenols is 1. The Morgan fingerprint density at radius 3 is 2.36 bits per heavy atom. The molecule has 10 nitrogen and oxygen atoms in total. The van der Waals surface area contributed by atoms with Gasteiger partial charge < -0.3 is 30.4 Å². The van der Waals surface area contributed by atoms with Crippen molar-refractivity contribution in [3.8, 4) is 5.75 Å². The molecule has 3 aromatic rings. The monoisotopic (exact) mass is 744 g/mol. The van der Waals surface area contributed by atoms with E-state index in [0.717, 1.165) is 29.0 Å². The average Bonchev–Trinajstić information content (AvgIpc) is 3.50. The first-order valence-corrected chi connectivity index (χ1v) is 17.3. The number of pyridine rings is 1. The van der Waals surface area contributed by atoms with Gasteiger partial charge in [0.05, 0.1) is 21.2 Å². The molecule has 1 atom stereocenters. The van der Waals surface area contributed by atoms with Crippen LogP contribution in [0.2, 0.25) is 0 Å². The van der Waals surface area contributed by atoms with Gasteiger partial charge in [-0.3, -0.25) is 9.78 Å². The van der Waals surface area contributed by atoms with Gasteiger partial charge in [0, 0.05) is 55.9 Å². The largest absolute Gasteiger partial charge is 0.506 e. The summed E-state index contributed by atoms with van der Waals surface area (Å²) in [6, 6.07) is 8.44. The summed E-state index contributed by atoms with van der Waals surface area (Å²) in [6.07, 6.45) is 6.90. The summed E-state index contributed by atoms with van der Waals surface area (Å²) in [5.41, 5.74) is 2.92. The van der Waals surface area contributed by atoms with E-state index < -0.39 is 6.04 Å². The summed E-state index contributed by atoms with van der Waals surface area (Å²) in [6.45, 7) is 2.78. The molecule has 5 heterocycles. The zero-order valence-corrected chi connectivity index (χ0v) is 28.0. The fourth-order valence-electron chi connectivity index (χ4n) is 6.36. The number of likely N-dealkylation sites (tertiary alicyclic amines) is 2. The van der Waals surface area contributed by atoms with Gasteiger partial charge in [-0.25, -0.2) is 9.59 Å². The van der Waals surface area contributed by atoms with Crippen molar-refractivity contribution in [2.75, 3.05) is 31.5 Å². The molecular formula is C31H34Br2N6O4S. The van der Waals surface area contributed by atoms with E-state index in [-0.39, 0.29) is 36.2 Å². The van der Waals surface area contributed by atoms with Crippen LogP contribution in [0.4, 0.5) is 15.3 Å². The minimum Gasteiger partial charge on any atom is -0.506 e. The predicted molar refractivity (Wildman–Crippen MR) is 176 cm³/mol. The Morgan fingerprint density at radius 1 is 1.02 bits per heavy atom. The predicted octanol–water partition coefficient (Wildman–Crippen LogP) is 5.91. The van der Waals surface area contributed by atoms with Crippen LogP contribution in [0.15, 0.2) is 57.1 Å². The molecule has 232 valence electrons. The summed E-state index contributed by atoms with van der Waals surface area (Å²) in [5.74, 6) is 0.340. The number of phenolic OH excluding ortho intramolecular Hbond substituents is 1. The van der Waals surface area contributed by atoms with E-state index in [1.54, 1.807) is 40.8 Å². The van der Waals surface area contributed by atoms with Gasteiger partial charge >= 0.3 is 12.1 Å². The van der Waals surface area contributed by atoms with Crippen LogP contribution in [0.5, 0.6) is 5.75 Å². The highest BCUT2D eigenvalue weighted by atomic mass is 79.9. The zero-order chi connectivity index (χ0) is 30.8. The molecule has 6 rings (SSSR count). The molecule has 0 bridgehead atoms. The topological polar surface area (TPSA) is 118 Å². The molecule has 0 aliphatic carbocycles. The number of carbonyl (C=O) groups excluding carboxylic acids is 3. The molecular weight excluding hydrogens is 712 g/mol. The number of thiophene rings is 1. The Morgan fingerprint density at radius 2 is 1.68 bits per heavy atom. The fourth-order valence-corrected chi connectivity index (χ4v) is 8.47. The third kappa shape index (κ3) is 6.74. The summed E-state index contributed by atoms with van der Waals surface area (Å²) in [5, 5.41) is 18.2. The first kappa shape index (κ1) is 30.8. The molecule has 2 aromatic heterocycles. The molecule has 1 aromatic carbocycles. The van der Waals surface area contributed by atoms with Gasteiger partial charge in [0.2, 0.25) is 5.91 Å². The second-order valence-electron chi connectivity index (χ2n) is 11.5. The molecule has 3 aliphatic rings. The second kappa shape index (κ2) is 13.5. The Balaban J connectivity index is 1.11. The van der Waals surface area contributed by atoms with Crippen LogP contribution in [-0.2, 0) is 17.8 Å². The lowest BCUT2D eigenvalue weighted by molar-refractivity contribution is -0.134. The maximum atomic E-state index is 13.9. The number of nitrogens with one attached hydrogen (secondary N) is 2. The number of benzene rings is 1. The Bertz CT molecular complexity index is 1500. The molecule has 2 saturated heterocycles. The third-order valence-electron chi connectivity index (χ3n) is 8.85. The van der Waals surface area contributed by atoms with Crippen molar-refractivity contribution in [2.45, 2.75) is 56.7 Å². The van der Waals surface area contributed by atoms with Crippen molar-refractivity contribution < 1.29 is 19.5 Å². The van der Waals surface area contributed by atoms with Crippen LogP contribution in [0.25, 0.3) is 0 Å². The number of nitrogens with zero attached hydrogens (tertiary/aromatic N) is 4. The number of hydrogen-bond acceptors (Lipinski definition) is 6. The summed E-state index contributed by atoms with van der Waals surface area (Å²) >= 11 is 8.40. The van der Waals surface area contributed by atoms with E-state index >= 15 is 0 Å². The van der Waals surface area contributed by atoms with Gasteiger partial charge in [-0.15, -0.1) is 11.3 Å². The molecule has 0 unspecified atom stereocenters. The van der Waals surface area contributed by atoms with Crippen LogP contribution >= 0.6 is 43.2 Å². The SMILES string of the molecule is O=C(N[C@H](Cc1cc(Br)c(O)c(Br)c1)C(=O)N1CCC(c2ccncc2)CC1)N1CCC(N2Cc3sccc3NC2=O)CC1. The van der Waals surface area contributed by atoms with E-state index in [1.807, 2.05) is 33.4 Å². The van der Waals surface area contributed by atoms with Crippen LogP contribution in [0.3, 0.4) is 0 Å². The quantitative estimate of drug-likeness (QED) is 0.290. The van der Waals surface area contributed by atoms with Crippen LogP contribution in [0, 0.1) is 0 Å². The highest BCUT2D eigenvalue weighted by molar-refractivity contribution is 9.11. The van der Waals surface area contributed by atoms with E-state index in [9.17, 15) is 19.5 Å². The normalized spacial score (nSPS) is 18.5. The number of aromatic nitrogens is 1. The van der Waals surface area contributed by atoms with Gasteiger partial charge in [-0.05, 0) is 110 Å². The van der Waals surface area contributed by atoms with Crippen LogP contribution < -0.4 is 10.6 Å². The lowest BCUT2D eigenvalue weighted by Gasteiger charge is -2.40.